The SMILES string of the molecule is Cc1noc(C)c1S(=O)(=O)N1CCCCC1CNC(=O)OC(C)(C)C. The maximum absolute atomic E-state index is 13.1. The first kappa shape index (κ1) is 19.7. The molecule has 1 N–H and O–H groups in total. The molecule has 2 heterocycles. The Labute approximate surface area is 148 Å². The van der Waals surface area contributed by atoms with Gasteiger partial charge < -0.3 is 14.6 Å². The molecule has 2 rings (SSSR count). The monoisotopic (exact) mass is 373 g/mol. The average molecular weight is 373 g/mol. The summed E-state index contributed by atoms with van der Waals surface area (Å²) in [6, 6.07) is -0.319. The quantitative estimate of drug-likeness (QED) is 0.869. The molecular weight excluding hydrogens is 346 g/mol. The van der Waals surface area contributed by atoms with Crippen molar-refractivity contribution in [2.24, 2.45) is 0 Å². The predicted molar refractivity (Wildman–Crippen MR) is 91.7 cm³/mol. The van der Waals surface area contributed by atoms with Gasteiger partial charge in [0.1, 0.15) is 16.2 Å². The number of alkyl carbamates (subject to hydrolysis) is 1. The molecule has 0 aromatic carbocycles. The fraction of sp³-hybridized carbons (Fsp3) is 0.750. The summed E-state index contributed by atoms with van der Waals surface area (Å²) in [5.41, 5.74) is -0.249. The Bertz CT molecular complexity index is 701. The van der Waals surface area contributed by atoms with Crippen molar-refractivity contribution in [1.29, 1.82) is 0 Å². The number of sulfonamides is 1. The summed E-state index contributed by atoms with van der Waals surface area (Å²) in [5.74, 6) is 0.280. The van der Waals surface area contributed by atoms with Crippen LogP contribution in [0.1, 0.15) is 51.5 Å². The second-order valence-electron chi connectivity index (χ2n) is 7.30. The maximum atomic E-state index is 13.1. The van der Waals surface area contributed by atoms with E-state index in [4.69, 9.17) is 9.26 Å². The van der Waals surface area contributed by atoms with E-state index >= 15 is 0 Å². The number of nitrogens with zero attached hydrogens (tertiary/aromatic N) is 2. The lowest BCUT2D eigenvalue weighted by molar-refractivity contribution is 0.0512. The first-order chi connectivity index (χ1) is 11.5. The van der Waals surface area contributed by atoms with Gasteiger partial charge in [-0.1, -0.05) is 11.6 Å². The normalized spacial score (nSPS) is 19.6. The third-order valence-electron chi connectivity index (χ3n) is 3.99. The minimum Gasteiger partial charge on any atom is -0.444 e. The van der Waals surface area contributed by atoms with Crippen LogP contribution >= 0.6 is 0 Å². The fourth-order valence-corrected chi connectivity index (χ4v) is 4.96. The molecule has 25 heavy (non-hydrogen) atoms. The molecule has 1 aliphatic rings. The van der Waals surface area contributed by atoms with Crippen LogP contribution in [0.5, 0.6) is 0 Å². The molecule has 1 aromatic heterocycles. The van der Waals surface area contributed by atoms with E-state index in [1.807, 2.05) is 0 Å². The van der Waals surface area contributed by atoms with E-state index < -0.39 is 21.7 Å². The average Bonchev–Trinajstić information content (AvgIpc) is 2.83. The van der Waals surface area contributed by atoms with Crippen molar-refractivity contribution in [2.45, 2.75) is 70.4 Å². The van der Waals surface area contributed by atoms with E-state index in [2.05, 4.69) is 10.5 Å². The highest BCUT2D eigenvalue weighted by Crippen LogP contribution is 2.28. The van der Waals surface area contributed by atoms with E-state index in [0.29, 0.717) is 18.7 Å². The van der Waals surface area contributed by atoms with Crippen LogP contribution in [0.3, 0.4) is 0 Å². The first-order valence-corrected chi connectivity index (χ1v) is 9.88. The molecule has 0 radical (unpaired) electrons. The topological polar surface area (TPSA) is 102 Å². The Morgan fingerprint density at radius 1 is 1.36 bits per heavy atom. The van der Waals surface area contributed by atoms with Gasteiger partial charge in [0.05, 0.1) is 0 Å². The second kappa shape index (κ2) is 7.33. The zero-order valence-electron chi connectivity index (χ0n) is 15.5. The van der Waals surface area contributed by atoms with E-state index in [1.54, 1.807) is 34.6 Å². The number of rotatable bonds is 4. The number of carbonyl (C=O) groups excluding carboxylic acids is 1. The highest BCUT2D eigenvalue weighted by Gasteiger charge is 2.37. The van der Waals surface area contributed by atoms with Crippen molar-refractivity contribution in [3.05, 3.63) is 11.5 Å². The number of nitrogens with one attached hydrogen (secondary N) is 1. The van der Waals surface area contributed by atoms with Gasteiger partial charge in [-0.05, 0) is 47.5 Å². The molecule has 0 aliphatic carbocycles. The largest absolute Gasteiger partial charge is 0.444 e. The Balaban J connectivity index is 2.14. The number of amides is 1. The molecular formula is C16H27N3O5S. The Morgan fingerprint density at radius 2 is 2.04 bits per heavy atom. The van der Waals surface area contributed by atoms with Crippen LogP contribution in [0.25, 0.3) is 0 Å². The maximum Gasteiger partial charge on any atom is 0.407 e. The van der Waals surface area contributed by atoms with Crippen LogP contribution in [0.2, 0.25) is 0 Å². The molecule has 1 aliphatic heterocycles. The van der Waals surface area contributed by atoms with Crippen molar-refractivity contribution in [2.75, 3.05) is 13.1 Å². The van der Waals surface area contributed by atoms with Gasteiger partial charge in [-0.3, -0.25) is 0 Å². The van der Waals surface area contributed by atoms with Crippen molar-refractivity contribution in [1.82, 2.24) is 14.8 Å². The number of carbonyl (C=O) groups is 1. The lowest BCUT2D eigenvalue weighted by atomic mass is 10.1. The predicted octanol–water partition coefficient (Wildman–Crippen LogP) is 2.36. The van der Waals surface area contributed by atoms with Gasteiger partial charge in [0, 0.05) is 19.1 Å². The van der Waals surface area contributed by atoms with Crippen LogP contribution < -0.4 is 5.32 Å². The lowest BCUT2D eigenvalue weighted by Gasteiger charge is -2.34. The number of hydrogen-bond donors (Lipinski definition) is 1. The smallest absolute Gasteiger partial charge is 0.407 e. The first-order valence-electron chi connectivity index (χ1n) is 8.44. The summed E-state index contributed by atoms with van der Waals surface area (Å²) in [6.07, 6.45) is 1.82. The molecule has 0 saturated carbocycles. The van der Waals surface area contributed by atoms with E-state index in [-0.39, 0.29) is 23.2 Å². The van der Waals surface area contributed by atoms with Crippen molar-refractivity contribution in [3.8, 4) is 0 Å². The zero-order valence-corrected chi connectivity index (χ0v) is 16.3. The zero-order chi connectivity index (χ0) is 18.8. The van der Waals surface area contributed by atoms with Crippen LogP contribution in [0.4, 0.5) is 4.79 Å². The Morgan fingerprint density at radius 3 is 2.60 bits per heavy atom. The van der Waals surface area contributed by atoms with Crippen LogP contribution in [-0.2, 0) is 14.8 Å². The summed E-state index contributed by atoms with van der Waals surface area (Å²) in [4.78, 5) is 12.0. The van der Waals surface area contributed by atoms with E-state index in [0.717, 1.165) is 12.8 Å². The Hall–Kier alpha value is -1.61. The van der Waals surface area contributed by atoms with Crippen molar-refractivity contribution >= 4 is 16.1 Å². The molecule has 1 atom stereocenters. The Kier molecular flexibility index (Phi) is 5.78. The highest BCUT2D eigenvalue weighted by atomic mass is 32.2. The second-order valence-corrected chi connectivity index (χ2v) is 9.13. The standard InChI is InChI=1S/C16H27N3O5S/c1-11-14(12(2)24-18-11)25(21,22)19-9-7-6-8-13(19)10-17-15(20)23-16(3,4)5/h13H,6-10H2,1-5H3,(H,17,20). The number of aromatic nitrogens is 1. The van der Waals surface area contributed by atoms with E-state index in [1.165, 1.54) is 4.31 Å². The molecule has 1 saturated heterocycles. The molecule has 8 nitrogen and oxygen atoms in total. The molecule has 9 heteroatoms. The van der Waals surface area contributed by atoms with Gasteiger partial charge >= 0.3 is 6.09 Å². The van der Waals surface area contributed by atoms with Crippen molar-refractivity contribution in [3.63, 3.8) is 0 Å². The molecule has 1 unspecified atom stereocenters. The number of piperidine rings is 1. The van der Waals surface area contributed by atoms with Gasteiger partial charge in [0.25, 0.3) is 0 Å². The molecule has 1 aromatic rings. The minimum absolute atomic E-state index is 0.122. The van der Waals surface area contributed by atoms with Gasteiger partial charge in [-0.25, -0.2) is 13.2 Å². The highest BCUT2D eigenvalue weighted by molar-refractivity contribution is 7.89. The molecule has 1 fully saturated rings. The number of ether oxygens (including phenoxy) is 1. The summed E-state index contributed by atoms with van der Waals surface area (Å²) < 4.78 is 37.8. The van der Waals surface area contributed by atoms with Gasteiger partial charge in [-0.15, -0.1) is 0 Å². The van der Waals surface area contributed by atoms with Gasteiger partial charge in [0.15, 0.2) is 5.76 Å². The number of hydrogen-bond acceptors (Lipinski definition) is 6. The number of aryl methyl sites for hydroxylation is 2. The summed E-state index contributed by atoms with van der Waals surface area (Å²) in [5, 5.41) is 6.43. The minimum atomic E-state index is -3.73. The summed E-state index contributed by atoms with van der Waals surface area (Å²) >= 11 is 0. The summed E-state index contributed by atoms with van der Waals surface area (Å²) in [7, 11) is -3.73. The van der Waals surface area contributed by atoms with Gasteiger partial charge in [0.2, 0.25) is 10.0 Å². The molecule has 1 amide bonds. The molecule has 142 valence electrons. The van der Waals surface area contributed by atoms with Crippen LogP contribution in [0.15, 0.2) is 9.42 Å². The van der Waals surface area contributed by atoms with E-state index in [9.17, 15) is 13.2 Å². The van der Waals surface area contributed by atoms with Crippen molar-refractivity contribution < 1.29 is 22.5 Å². The van der Waals surface area contributed by atoms with Crippen LogP contribution in [-0.4, -0.2) is 48.7 Å². The molecule has 0 spiro atoms. The van der Waals surface area contributed by atoms with Crippen LogP contribution in [0, 0.1) is 13.8 Å². The fourth-order valence-electron chi connectivity index (χ4n) is 2.97. The third-order valence-corrected chi connectivity index (χ3v) is 6.19. The lowest BCUT2D eigenvalue weighted by Crippen LogP contribution is -2.50. The summed E-state index contributed by atoms with van der Waals surface area (Å²) in [6.45, 7) is 9.15. The molecule has 0 bridgehead atoms. The van der Waals surface area contributed by atoms with Gasteiger partial charge in [-0.2, -0.15) is 4.31 Å². The third kappa shape index (κ3) is 4.72.